The number of aliphatic hydroxyl groups is 1. The van der Waals surface area contributed by atoms with Crippen LogP contribution in [0.3, 0.4) is 0 Å². The summed E-state index contributed by atoms with van der Waals surface area (Å²) >= 11 is 0. The summed E-state index contributed by atoms with van der Waals surface area (Å²) in [4.78, 5) is 27.7. The summed E-state index contributed by atoms with van der Waals surface area (Å²) in [5.74, 6) is 0.781. The van der Waals surface area contributed by atoms with Gasteiger partial charge in [0.25, 0.3) is 0 Å². The fourth-order valence-corrected chi connectivity index (χ4v) is 4.48. The lowest BCUT2D eigenvalue weighted by molar-refractivity contribution is -0.0435. The average molecular weight is 404 g/mol. The summed E-state index contributed by atoms with van der Waals surface area (Å²) in [7, 11) is 0. The number of nitrogens with zero attached hydrogens (tertiary/aromatic N) is 5. The lowest BCUT2D eigenvalue weighted by Crippen LogP contribution is -2.62. The molecule has 0 aliphatic carbocycles. The second-order valence-corrected chi connectivity index (χ2v) is 9.78. The van der Waals surface area contributed by atoms with Gasteiger partial charge in [0.05, 0.1) is 24.2 Å². The van der Waals surface area contributed by atoms with E-state index in [4.69, 9.17) is 4.74 Å². The van der Waals surface area contributed by atoms with Crippen molar-refractivity contribution in [2.75, 3.05) is 49.1 Å². The van der Waals surface area contributed by atoms with Crippen molar-refractivity contribution in [3.8, 4) is 0 Å². The number of aliphatic hydroxyl groups excluding tert-OH is 1. The molecule has 3 aliphatic rings. The number of anilines is 2. The van der Waals surface area contributed by atoms with Crippen molar-refractivity contribution in [1.82, 2.24) is 14.9 Å². The third-order valence-electron chi connectivity index (χ3n) is 6.27. The summed E-state index contributed by atoms with van der Waals surface area (Å²) in [6, 6.07) is 0. The standard InChI is InChI=1S/C21H33N5O3/c1-20(2,3)29-19(28)26-14-21(15-26)6-10-25(11-7-21)18-22-12-16(13-23-18)24-8-4-17(27)5-9-24/h12-13,17,27H,4-11,14-15H2,1-3H3. The third kappa shape index (κ3) is 4.57. The maximum atomic E-state index is 12.2. The first-order valence-electron chi connectivity index (χ1n) is 10.7. The molecule has 0 unspecified atom stereocenters. The van der Waals surface area contributed by atoms with E-state index in [0.29, 0.717) is 0 Å². The predicted octanol–water partition coefficient (Wildman–Crippen LogP) is 2.28. The molecule has 3 saturated heterocycles. The molecule has 1 N–H and O–H groups in total. The molecule has 8 heteroatoms. The first-order chi connectivity index (χ1) is 13.7. The van der Waals surface area contributed by atoms with E-state index in [0.717, 1.165) is 76.6 Å². The van der Waals surface area contributed by atoms with E-state index in [9.17, 15) is 9.90 Å². The lowest BCUT2D eigenvalue weighted by Gasteiger charge is -2.53. The van der Waals surface area contributed by atoms with E-state index in [1.165, 1.54) is 0 Å². The van der Waals surface area contributed by atoms with Crippen LogP contribution in [0.5, 0.6) is 0 Å². The van der Waals surface area contributed by atoms with Crippen LogP contribution in [0.15, 0.2) is 12.4 Å². The molecule has 3 aliphatic heterocycles. The van der Waals surface area contributed by atoms with E-state index in [1.54, 1.807) is 0 Å². The molecule has 1 aromatic heterocycles. The van der Waals surface area contributed by atoms with Gasteiger partial charge in [-0.2, -0.15) is 0 Å². The largest absolute Gasteiger partial charge is 0.444 e. The molecule has 1 spiro atoms. The number of hydrogen-bond donors (Lipinski definition) is 1. The highest BCUT2D eigenvalue weighted by molar-refractivity contribution is 5.69. The molecule has 1 amide bonds. The number of likely N-dealkylation sites (tertiary alicyclic amines) is 1. The summed E-state index contributed by atoms with van der Waals surface area (Å²) in [6.07, 6.45) is 7.12. The number of aromatic nitrogens is 2. The lowest BCUT2D eigenvalue weighted by atomic mass is 9.72. The SMILES string of the molecule is CC(C)(C)OC(=O)N1CC2(CCN(c3ncc(N4CCC(O)CC4)cn3)CC2)C1. The van der Waals surface area contributed by atoms with E-state index >= 15 is 0 Å². The van der Waals surface area contributed by atoms with Crippen LogP contribution >= 0.6 is 0 Å². The number of piperidine rings is 2. The maximum absolute atomic E-state index is 12.2. The van der Waals surface area contributed by atoms with Crippen LogP contribution < -0.4 is 9.80 Å². The minimum absolute atomic E-state index is 0.176. The van der Waals surface area contributed by atoms with Crippen molar-refractivity contribution in [2.45, 2.75) is 58.2 Å². The molecular formula is C21H33N5O3. The zero-order valence-electron chi connectivity index (χ0n) is 17.8. The van der Waals surface area contributed by atoms with Crippen LogP contribution in [0.25, 0.3) is 0 Å². The van der Waals surface area contributed by atoms with Crippen LogP contribution in [-0.4, -0.2) is 77.0 Å². The Labute approximate surface area is 172 Å². The summed E-state index contributed by atoms with van der Waals surface area (Å²) < 4.78 is 5.47. The molecule has 160 valence electrons. The molecule has 1 aromatic rings. The van der Waals surface area contributed by atoms with Crippen LogP contribution in [0.1, 0.15) is 46.5 Å². The van der Waals surface area contributed by atoms with Crippen molar-refractivity contribution >= 4 is 17.7 Å². The zero-order chi connectivity index (χ0) is 20.6. The molecule has 4 rings (SSSR count). The molecule has 3 fully saturated rings. The zero-order valence-corrected chi connectivity index (χ0v) is 17.8. The predicted molar refractivity (Wildman–Crippen MR) is 111 cm³/mol. The van der Waals surface area contributed by atoms with Gasteiger partial charge in [-0.1, -0.05) is 0 Å². The first-order valence-corrected chi connectivity index (χ1v) is 10.7. The molecule has 4 heterocycles. The smallest absolute Gasteiger partial charge is 0.410 e. The Kier molecular flexibility index (Phi) is 5.31. The van der Waals surface area contributed by atoms with Gasteiger partial charge >= 0.3 is 6.09 Å². The quantitative estimate of drug-likeness (QED) is 0.811. The second kappa shape index (κ2) is 7.63. The Morgan fingerprint density at radius 2 is 1.66 bits per heavy atom. The average Bonchev–Trinajstić information content (AvgIpc) is 2.66. The van der Waals surface area contributed by atoms with Crippen molar-refractivity contribution in [3.63, 3.8) is 0 Å². The van der Waals surface area contributed by atoms with Gasteiger partial charge in [0.2, 0.25) is 5.95 Å². The van der Waals surface area contributed by atoms with Crippen molar-refractivity contribution < 1.29 is 14.6 Å². The van der Waals surface area contributed by atoms with Crippen molar-refractivity contribution in [2.24, 2.45) is 5.41 Å². The van der Waals surface area contributed by atoms with Crippen molar-refractivity contribution in [3.05, 3.63) is 12.4 Å². The molecule has 0 saturated carbocycles. The Balaban J connectivity index is 1.27. The fourth-order valence-electron chi connectivity index (χ4n) is 4.48. The van der Waals surface area contributed by atoms with Gasteiger partial charge in [-0.15, -0.1) is 0 Å². The highest BCUT2D eigenvalue weighted by Gasteiger charge is 2.48. The van der Waals surface area contributed by atoms with Crippen LogP contribution in [0.4, 0.5) is 16.4 Å². The normalized spacial score (nSPS) is 22.6. The summed E-state index contributed by atoms with van der Waals surface area (Å²) in [5.41, 5.74) is 0.809. The van der Waals surface area contributed by atoms with Gasteiger partial charge in [0, 0.05) is 44.7 Å². The monoisotopic (exact) mass is 403 g/mol. The van der Waals surface area contributed by atoms with Crippen LogP contribution in [-0.2, 0) is 4.74 Å². The van der Waals surface area contributed by atoms with Gasteiger partial charge in [-0.25, -0.2) is 14.8 Å². The molecule has 29 heavy (non-hydrogen) atoms. The minimum atomic E-state index is -0.444. The number of rotatable bonds is 2. The van der Waals surface area contributed by atoms with Crippen molar-refractivity contribution in [1.29, 1.82) is 0 Å². The minimum Gasteiger partial charge on any atom is -0.444 e. The van der Waals surface area contributed by atoms with Gasteiger partial charge in [0.1, 0.15) is 5.60 Å². The Hall–Kier alpha value is -2.09. The van der Waals surface area contributed by atoms with E-state index in [1.807, 2.05) is 38.1 Å². The molecule has 0 radical (unpaired) electrons. The topological polar surface area (TPSA) is 82.0 Å². The van der Waals surface area contributed by atoms with Gasteiger partial charge < -0.3 is 24.5 Å². The number of carbonyl (C=O) groups excluding carboxylic acids is 1. The van der Waals surface area contributed by atoms with Crippen LogP contribution in [0.2, 0.25) is 0 Å². The first kappa shape index (κ1) is 20.2. The molecule has 8 nitrogen and oxygen atoms in total. The Morgan fingerprint density at radius 1 is 1.07 bits per heavy atom. The van der Waals surface area contributed by atoms with Gasteiger partial charge in [-0.05, 0) is 46.5 Å². The fraction of sp³-hybridized carbons (Fsp3) is 0.762. The number of hydrogen-bond acceptors (Lipinski definition) is 7. The highest BCUT2D eigenvalue weighted by atomic mass is 16.6. The van der Waals surface area contributed by atoms with E-state index < -0.39 is 5.60 Å². The van der Waals surface area contributed by atoms with Gasteiger partial charge in [0.15, 0.2) is 0 Å². The van der Waals surface area contributed by atoms with E-state index in [2.05, 4.69) is 19.8 Å². The second-order valence-electron chi connectivity index (χ2n) is 9.78. The molecule has 0 aromatic carbocycles. The third-order valence-corrected chi connectivity index (χ3v) is 6.27. The number of amides is 1. The van der Waals surface area contributed by atoms with Crippen LogP contribution in [0, 0.1) is 5.41 Å². The summed E-state index contributed by atoms with van der Waals surface area (Å²) in [5, 5.41) is 9.66. The summed E-state index contributed by atoms with van der Waals surface area (Å²) in [6.45, 7) is 10.8. The molecular weight excluding hydrogens is 370 g/mol. The molecule has 0 bridgehead atoms. The maximum Gasteiger partial charge on any atom is 0.410 e. The highest BCUT2D eigenvalue weighted by Crippen LogP contribution is 2.41. The van der Waals surface area contributed by atoms with E-state index in [-0.39, 0.29) is 17.6 Å². The number of ether oxygens (including phenoxy) is 1. The molecule has 0 atom stereocenters. The Morgan fingerprint density at radius 3 is 2.21 bits per heavy atom. The van der Waals surface area contributed by atoms with Gasteiger partial charge in [-0.3, -0.25) is 0 Å². The number of carbonyl (C=O) groups is 1. The Bertz CT molecular complexity index is 709.